The van der Waals surface area contributed by atoms with Gasteiger partial charge in [-0.2, -0.15) is 0 Å². The lowest BCUT2D eigenvalue weighted by atomic mass is 10.4. The minimum absolute atomic E-state index is 0. The lowest BCUT2D eigenvalue weighted by molar-refractivity contribution is 0.844. The molecule has 0 spiro atoms. The van der Waals surface area contributed by atoms with E-state index in [0.717, 1.165) is 0 Å². The summed E-state index contributed by atoms with van der Waals surface area (Å²) in [5.41, 5.74) is 0. The van der Waals surface area contributed by atoms with Crippen LogP contribution in [-0.4, -0.2) is 11.2 Å². The van der Waals surface area contributed by atoms with Crippen LogP contribution in [0, 0.1) is 0 Å². The Kier molecular flexibility index (Phi) is 39.9. The Labute approximate surface area is 74.8 Å². The molecule has 0 atom stereocenters. The second-order valence-electron chi connectivity index (χ2n) is 1.31. The molecule has 0 heterocycles. The molecule has 0 bridgehead atoms. The molecule has 0 aliphatic rings. The summed E-state index contributed by atoms with van der Waals surface area (Å²) in [5.74, 6) is 0. The summed E-state index contributed by atoms with van der Waals surface area (Å²) >= 11 is 4.31. The highest BCUT2D eigenvalue weighted by Crippen LogP contribution is 1.79. The van der Waals surface area contributed by atoms with Crippen molar-refractivity contribution in [3.05, 3.63) is 0 Å². The van der Waals surface area contributed by atoms with Crippen LogP contribution in [-0.2, 0) is 0 Å². The predicted molar refractivity (Wildman–Crippen MR) is 51.4 cm³/mol. The van der Waals surface area contributed by atoms with E-state index in [2.05, 4.69) is 22.4 Å². The van der Waals surface area contributed by atoms with E-state index in [1.165, 1.54) is 0 Å². The first kappa shape index (κ1) is 22.8. The maximum absolute atomic E-state index is 4.31. The largest absolute Gasteiger partial charge is 0.230 e. The van der Waals surface area contributed by atoms with E-state index in [0.29, 0.717) is 6.04 Å². The monoisotopic (exact) mass is 189 g/mol. The molecule has 0 N–H and O–H groups in total. The second-order valence-corrected chi connectivity index (χ2v) is 1.50. The topological polar surface area (TPSA) is 12.4 Å². The molecular weight excluding hydrogens is 177 g/mol. The predicted octanol–water partition coefficient (Wildman–Crippen LogP) is 2.98. The van der Waals surface area contributed by atoms with Crippen molar-refractivity contribution in [2.75, 3.05) is 0 Å². The van der Waals surface area contributed by atoms with Crippen molar-refractivity contribution >= 4 is 42.2 Å². The highest BCUT2D eigenvalue weighted by molar-refractivity contribution is 7.78. The highest BCUT2D eigenvalue weighted by Gasteiger charge is 1.77. The Balaban J connectivity index is -0.0000000417. The first-order valence-corrected chi connectivity index (χ1v) is 2.25. The Hall–Kier alpha value is 0.380. The van der Waals surface area contributed by atoms with Crippen LogP contribution in [0.1, 0.15) is 21.3 Å². The zero-order valence-corrected chi connectivity index (χ0v) is 7.20. The van der Waals surface area contributed by atoms with Gasteiger partial charge >= 0.3 is 0 Å². The van der Waals surface area contributed by atoms with Crippen molar-refractivity contribution in [1.29, 1.82) is 0 Å². The maximum Gasteiger partial charge on any atom is 0.0587 e. The summed E-state index contributed by atoms with van der Waals surface area (Å²) in [5, 5.41) is 2.28. The molecule has 0 fully saturated rings. The summed E-state index contributed by atoms with van der Waals surface area (Å²) in [7, 11) is 0. The molecule has 0 saturated heterocycles. The fraction of sp³-hybridized carbons (Fsp3) is 0.800. The van der Waals surface area contributed by atoms with E-state index >= 15 is 0 Å². The van der Waals surface area contributed by atoms with Crippen LogP contribution in [0.25, 0.3) is 0 Å². The molecule has 0 radical (unpaired) electrons. The molecule has 0 aromatic heterocycles. The molecule has 0 amide bonds. The average Bonchev–Trinajstić information content (AvgIpc) is 1.35. The van der Waals surface area contributed by atoms with E-state index in [1.54, 1.807) is 0 Å². The first-order valence-electron chi connectivity index (χ1n) is 1.84. The molecule has 0 saturated carbocycles. The molecule has 0 unspecified atom stereocenters. The lowest BCUT2D eigenvalue weighted by Gasteiger charge is -1.83. The smallest absolute Gasteiger partial charge is 0.0587 e. The molecule has 0 aromatic rings. The number of nitrogens with zero attached hydrogens (tertiary/aromatic N) is 1. The molecule has 1 nitrogen and oxygen atoms in total. The van der Waals surface area contributed by atoms with Crippen molar-refractivity contribution in [2.45, 2.75) is 27.3 Å². The SMILES string of the molecule is C.CC(C)N=C=S.Cl.Cl. The third-order valence-corrected chi connectivity index (χ3v) is 0.416. The zero-order chi connectivity index (χ0) is 4.99. The minimum Gasteiger partial charge on any atom is -0.230 e. The maximum atomic E-state index is 4.31. The zero-order valence-electron chi connectivity index (χ0n) is 4.75. The van der Waals surface area contributed by atoms with Gasteiger partial charge in [0.2, 0.25) is 0 Å². The number of rotatable bonds is 1. The quantitative estimate of drug-likeness (QED) is 0.457. The fourth-order valence-corrected chi connectivity index (χ4v) is 0.316. The van der Waals surface area contributed by atoms with Gasteiger partial charge in [-0.25, -0.2) is 4.99 Å². The van der Waals surface area contributed by atoms with Crippen molar-refractivity contribution in [1.82, 2.24) is 0 Å². The van der Waals surface area contributed by atoms with Gasteiger partial charge in [-0.3, -0.25) is 0 Å². The molecule has 0 rings (SSSR count). The van der Waals surface area contributed by atoms with Gasteiger partial charge in [-0.15, -0.1) is 24.8 Å². The fourth-order valence-electron chi connectivity index (χ4n) is 0.105. The average molecular weight is 190 g/mol. The van der Waals surface area contributed by atoms with Crippen molar-refractivity contribution in [3.63, 3.8) is 0 Å². The summed E-state index contributed by atoms with van der Waals surface area (Å²) < 4.78 is 0. The van der Waals surface area contributed by atoms with Gasteiger partial charge in [0, 0.05) is 0 Å². The van der Waals surface area contributed by atoms with Gasteiger partial charge in [0.15, 0.2) is 0 Å². The Morgan fingerprint density at radius 3 is 1.67 bits per heavy atom. The van der Waals surface area contributed by atoms with Crippen LogP contribution in [0.15, 0.2) is 4.99 Å². The van der Waals surface area contributed by atoms with Gasteiger partial charge in [-0.05, 0) is 26.1 Å². The van der Waals surface area contributed by atoms with Crippen molar-refractivity contribution in [2.24, 2.45) is 4.99 Å². The molecule has 4 heteroatoms. The van der Waals surface area contributed by atoms with Crippen LogP contribution in [0.5, 0.6) is 0 Å². The first-order chi connectivity index (χ1) is 2.77. The minimum atomic E-state index is 0. The normalized spacial score (nSPS) is 5.22. The number of halogens is 2. The van der Waals surface area contributed by atoms with Crippen LogP contribution in [0.3, 0.4) is 0 Å². The number of aliphatic imine (C=N–C) groups is 1. The van der Waals surface area contributed by atoms with Gasteiger partial charge in [-0.1, -0.05) is 7.43 Å². The van der Waals surface area contributed by atoms with Gasteiger partial charge in [0.25, 0.3) is 0 Å². The van der Waals surface area contributed by atoms with E-state index in [9.17, 15) is 0 Å². The molecule has 9 heavy (non-hydrogen) atoms. The molecule has 0 aliphatic heterocycles. The third kappa shape index (κ3) is 29.9. The summed E-state index contributed by atoms with van der Waals surface area (Å²) in [4.78, 5) is 3.69. The molecule has 58 valence electrons. The standard InChI is InChI=1S/C4H7NS.CH4.2ClH/c1-4(2)5-3-6;;;/h4H,1-2H3;1H4;2*1H. The highest BCUT2D eigenvalue weighted by atomic mass is 35.5. The van der Waals surface area contributed by atoms with Crippen LogP contribution in [0.4, 0.5) is 0 Å². The summed E-state index contributed by atoms with van der Waals surface area (Å²) in [6.07, 6.45) is 0. The van der Waals surface area contributed by atoms with Crippen LogP contribution in [0.2, 0.25) is 0 Å². The van der Waals surface area contributed by atoms with Gasteiger partial charge in [0.1, 0.15) is 0 Å². The summed E-state index contributed by atoms with van der Waals surface area (Å²) in [6.45, 7) is 3.92. The van der Waals surface area contributed by atoms with Crippen molar-refractivity contribution < 1.29 is 0 Å². The Bertz CT molecular complexity index is 79.0. The second kappa shape index (κ2) is 15.8. The lowest BCUT2D eigenvalue weighted by Crippen LogP contribution is -1.83. The summed E-state index contributed by atoms with van der Waals surface area (Å²) in [6, 6.07) is 0.308. The molecule has 0 aliphatic carbocycles. The van der Waals surface area contributed by atoms with Crippen molar-refractivity contribution in [3.8, 4) is 0 Å². The van der Waals surface area contributed by atoms with Gasteiger partial charge in [0.05, 0.1) is 11.2 Å². The van der Waals surface area contributed by atoms with E-state index in [1.807, 2.05) is 13.8 Å². The van der Waals surface area contributed by atoms with Crippen LogP contribution >= 0.6 is 37.0 Å². The number of isothiocyanates is 1. The Morgan fingerprint density at radius 2 is 1.67 bits per heavy atom. The van der Waals surface area contributed by atoms with E-state index in [-0.39, 0.29) is 32.2 Å². The van der Waals surface area contributed by atoms with E-state index in [4.69, 9.17) is 0 Å². The third-order valence-electron chi connectivity index (χ3n) is 0.311. The van der Waals surface area contributed by atoms with Crippen LogP contribution < -0.4 is 0 Å². The van der Waals surface area contributed by atoms with E-state index < -0.39 is 0 Å². The van der Waals surface area contributed by atoms with Gasteiger partial charge < -0.3 is 0 Å². The Morgan fingerprint density at radius 1 is 1.33 bits per heavy atom. The molecular formula is C5H13Cl2NS. The number of hydrogen-bond acceptors (Lipinski definition) is 2. The number of thiocarbonyl (C=S) groups is 1. The molecule has 0 aromatic carbocycles. The number of hydrogen-bond donors (Lipinski definition) is 0.